The highest BCUT2D eigenvalue weighted by atomic mass is 79.9. The molecule has 1 N–H and O–H groups in total. The molecule has 0 fully saturated rings. The van der Waals surface area contributed by atoms with Crippen LogP contribution in [0.4, 0.5) is 0 Å². The number of aliphatic hydroxyl groups is 1. The molecule has 20 heavy (non-hydrogen) atoms. The minimum Gasteiger partial charge on any atom is -0.390 e. The number of hydrogen-bond donors (Lipinski definition) is 1. The van der Waals surface area contributed by atoms with E-state index >= 15 is 0 Å². The fourth-order valence-electron chi connectivity index (χ4n) is 2.46. The molecular weight excluding hydrogens is 320 g/mol. The van der Waals surface area contributed by atoms with Gasteiger partial charge in [0.25, 0.3) is 0 Å². The van der Waals surface area contributed by atoms with Crippen LogP contribution in [0.5, 0.6) is 0 Å². The molecule has 2 unspecified atom stereocenters. The number of halogens is 1. The maximum Gasteiger partial charge on any atom is 0.0885 e. The van der Waals surface area contributed by atoms with Crippen molar-refractivity contribution >= 4 is 15.9 Å². The third-order valence-electron chi connectivity index (χ3n) is 3.45. The van der Waals surface area contributed by atoms with Crippen LogP contribution in [0, 0.1) is 5.41 Å². The van der Waals surface area contributed by atoms with Gasteiger partial charge in [-0.3, -0.25) is 4.68 Å². The monoisotopic (exact) mass is 346 g/mol. The topological polar surface area (TPSA) is 47.3 Å². The van der Waals surface area contributed by atoms with E-state index in [4.69, 9.17) is 4.74 Å². The molecule has 0 spiro atoms. The van der Waals surface area contributed by atoms with E-state index < -0.39 is 6.10 Å². The number of aliphatic hydroxyl groups excluding tert-OH is 1. The minimum atomic E-state index is -0.550. The van der Waals surface area contributed by atoms with Gasteiger partial charge < -0.3 is 9.84 Å². The van der Waals surface area contributed by atoms with Crippen LogP contribution in [0.25, 0.3) is 0 Å². The zero-order valence-electron chi connectivity index (χ0n) is 13.4. The van der Waals surface area contributed by atoms with Crippen LogP contribution < -0.4 is 0 Å². The van der Waals surface area contributed by atoms with E-state index in [1.54, 1.807) is 0 Å². The molecule has 116 valence electrons. The lowest BCUT2D eigenvalue weighted by molar-refractivity contribution is -0.0878. The van der Waals surface area contributed by atoms with Gasteiger partial charge in [0.15, 0.2) is 0 Å². The lowest BCUT2D eigenvalue weighted by Gasteiger charge is -2.34. The summed E-state index contributed by atoms with van der Waals surface area (Å²) in [5.41, 5.74) is 1.94. The molecule has 0 radical (unpaired) electrons. The Kier molecular flexibility index (Phi) is 6.23. The average Bonchev–Trinajstić information content (AvgIpc) is 2.61. The van der Waals surface area contributed by atoms with Crippen LogP contribution in [0.15, 0.2) is 4.47 Å². The first-order chi connectivity index (χ1) is 9.22. The van der Waals surface area contributed by atoms with Crippen LogP contribution in [-0.2, 0) is 24.6 Å². The fraction of sp³-hybridized carbons (Fsp3) is 0.800. The Labute approximate surface area is 130 Å². The van der Waals surface area contributed by atoms with Crippen LogP contribution in [-0.4, -0.2) is 33.7 Å². The molecule has 2 atom stereocenters. The quantitative estimate of drug-likeness (QED) is 0.860. The van der Waals surface area contributed by atoms with E-state index in [2.05, 4.69) is 48.7 Å². The molecule has 0 amide bonds. The Balaban J connectivity index is 2.93. The highest BCUT2D eigenvalue weighted by molar-refractivity contribution is 9.10. The summed E-state index contributed by atoms with van der Waals surface area (Å²) in [5, 5.41) is 15.0. The van der Waals surface area contributed by atoms with Gasteiger partial charge in [0.05, 0.1) is 28.1 Å². The second kappa shape index (κ2) is 7.05. The number of aryl methyl sites for hydroxylation is 2. The van der Waals surface area contributed by atoms with Crippen LogP contribution in [0.1, 0.15) is 46.0 Å². The van der Waals surface area contributed by atoms with Gasteiger partial charge in [-0.2, -0.15) is 5.10 Å². The SMILES string of the molecule is CCOC(C(O)Cc1c(Br)c(CC)nn1C)C(C)(C)C. The Morgan fingerprint density at radius 2 is 1.95 bits per heavy atom. The number of rotatable bonds is 6. The van der Waals surface area contributed by atoms with Gasteiger partial charge in [-0.05, 0) is 34.7 Å². The van der Waals surface area contributed by atoms with E-state index in [1.807, 2.05) is 18.7 Å². The summed E-state index contributed by atoms with van der Waals surface area (Å²) < 4.78 is 8.61. The van der Waals surface area contributed by atoms with Crippen molar-refractivity contribution in [2.45, 2.75) is 59.7 Å². The minimum absolute atomic E-state index is 0.103. The standard InChI is InChI=1S/C15H27BrN2O2/c1-7-10-13(16)11(18(6)17-10)9-12(19)14(20-8-2)15(3,4)5/h12,14,19H,7-9H2,1-6H3. The van der Waals surface area contributed by atoms with Crippen molar-refractivity contribution in [1.82, 2.24) is 9.78 Å². The van der Waals surface area contributed by atoms with Gasteiger partial charge in [0, 0.05) is 20.1 Å². The average molecular weight is 347 g/mol. The lowest BCUT2D eigenvalue weighted by Crippen LogP contribution is -2.41. The molecule has 0 aliphatic rings. The largest absolute Gasteiger partial charge is 0.390 e. The van der Waals surface area contributed by atoms with Gasteiger partial charge in [-0.25, -0.2) is 0 Å². The Bertz CT molecular complexity index is 438. The molecule has 5 heteroatoms. The molecular formula is C15H27BrN2O2. The number of aromatic nitrogens is 2. The van der Waals surface area contributed by atoms with Crippen LogP contribution in [0.2, 0.25) is 0 Å². The molecule has 0 aliphatic carbocycles. The van der Waals surface area contributed by atoms with Gasteiger partial charge in [-0.15, -0.1) is 0 Å². The Morgan fingerprint density at radius 3 is 2.35 bits per heavy atom. The summed E-state index contributed by atoms with van der Waals surface area (Å²) in [6.45, 7) is 10.9. The Hall–Kier alpha value is -0.390. The first kappa shape index (κ1) is 17.7. The highest BCUT2D eigenvalue weighted by Crippen LogP contribution is 2.29. The number of nitrogens with zero attached hydrogens (tertiary/aromatic N) is 2. The summed E-state index contributed by atoms with van der Waals surface area (Å²) in [7, 11) is 1.92. The van der Waals surface area contributed by atoms with Gasteiger partial charge in [0.1, 0.15) is 0 Å². The molecule has 0 saturated heterocycles. The molecule has 1 rings (SSSR count). The third-order valence-corrected chi connectivity index (χ3v) is 4.37. The van der Waals surface area contributed by atoms with Crippen molar-refractivity contribution in [2.24, 2.45) is 12.5 Å². The molecule has 0 aliphatic heterocycles. The van der Waals surface area contributed by atoms with E-state index in [-0.39, 0.29) is 11.5 Å². The predicted octanol–water partition coefficient (Wildman–Crippen LogP) is 3.10. The zero-order chi connectivity index (χ0) is 15.5. The summed E-state index contributed by atoms with van der Waals surface area (Å²) in [4.78, 5) is 0. The first-order valence-corrected chi connectivity index (χ1v) is 8.01. The van der Waals surface area contributed by atoms with Crippen molar-refractivity contribution in [1.29, 1.82) is 0 Å². The maximum absolute atomic E-state index is 10.6. The van der Waals surface area contributed by atoms with Crippen molar-refractivity contribution in [3.8, 4) is 0 Å². The highest BCUT2D eigenvalue weighted by Gasteiger charge is 2.33. The number of ether oxygens (including phenoxy) is 1. The fourth-order valence-corrected chi connectivity index (χ4v) is 3.24. The van der Waals surface area contributed by atoms with Crippen molar-refractivity contribution in [3.63, 3.8) is 0 Å². The zero-order valence-corrected chi connectivity index (χ0v) is 15.0. The smallest absolute Gasteiger partial charge is 0.0885 e. The van der Waals surface area contributed by atoms with Gasteiger partial charge >= 0.3 is 0 Å². The molecule has 1 heterocycles. The van der Waals surface area contributed by atoms with Crippen LogP contribution >= 0.6 is 15.9 Å². The first-order valence-electron chi connectivity index (χ1n) is 7.22. The van der Waals surface area contributed by atoms with E-state index in [0.29, 0.717) is 13.0 Å². The second-order valence-electron chi connectivity index (χ2n) is 6.20. The van der Waals surface area contributed by atoms with Gasteiger partial charge in [-0.1, -0.05) is 27.7 Å². The van der Waals surface area contributed by atoms with Crippen molar-refractivity contribution < 1.29 is 9.84 Å². The van der Waals surface area contributed by atoms with E-state index in [0.717, 1.165) is 22.3 Å². The van der Waals surface area contributed by atoms with Crippen molar-refractivity contribution in [2.75, 3.05) is 6.61 Å². The second-order valence-corrected chi connectivity index (χ2v) is 6.99. The molecule has 4 nitrogen and oxygen atoms in total. The van der Waals surface area contributed by atoms with E-state index in [9.17, 15) is 5.11 Å². The molecule has 0 bridgehead atoms. The van der Waals surface area contributed by atoms with E-state index in [1.165, 1.54) is 0 Å². The third kappa shape index (κ3) is 4.06. The van der Waals surface area contributed by atoms with Crippen LogP contribution in [0.3, 0.4) is 0 Å². The maximum atomic E-state index is 10.6. The molecule has 1 aromatic rings. The molecule has 1 aromatic heterocycles. The number of hydrogen-bond acceptors (Lipinski definition) is 3. The van der Waals surface area contributed by atoms with Crippen molar-refractivity contribution in [3.05, 3.63) is 15.9 Å². The predicted molar refractivity (Wildman–Crippen MR) is 84.9 cm³/mol. The summed E-state index contributed by atoms with van der Waals surface area (Å²) >= 11 is 3.59. The molecule has 0 saturated carbocycles. The summed E-state index contributed by atoms with van der Waals surface area (Å²) in [5.74, 6) is 0. The molecule has 0 aromatic carbocycles. The van der Waals surface area contributed by atoms with Gasteiger partial charge in [0.2, 0.25) is 0 Å². The Morgan fingerprint density at radius 1 is 1.35 bits per heavy atom. The summed E-state index contributed by atoms with van der Waals surface area (Å²) in [6.07, 6.45) is 0.663. The normalized spacial score (nSPS) is 15.4. The lowest BCUT2D eigenvalue weighted by atomic mass is 9.84. The summed E-state index contributed by atoms with van der Waals surface area (Å²) in [6, 6.07) is 0.